The first kappa shape index (κ1) is 12.5. The molecule has 1 aromatic carbocycles. The second-order valence-corrected chi connectivity index (χ2v) is 6.37. The van der Waals surface area contributed by atoms with Gasteiger partial charge in [0.25, 0.3) is 0 Å². The molecule has 0 saturated heterocycles. The summed E-state index contributed by atoms with van der Waals surface area (Å²) in [5, 5.41) is 11.7. The maximum atomic E-state index is 12.1. The summed E-state index contributed by atoms with van der Waals surface area (Å²) < 4.78 is 0. The highest BCUT2D eigenvalue weighted by Crippen LogP contribution is 2.37. The van der Waals surface area contributed by atoms with Crippen molar-refractivity contribution < 1.29 is 14.7 Å². The van der Waals surface area contributed by atoms with Crippen molar-refractivity contribution in [1.29, 1.82) is 0 Å². The number of aliphatic carboxylic acids is 1. The van der Waals surface area contributed by atoms with Crippen molar-refractivity contribution in [1.82, 2.24) is 5.32 Å². The predicted octanol–water partition coefficient (Wildman–Crippen LogP) is 1.68. The number of nitrogens with one attached hydrogen (secondary N) is 1. The molecule has 100 valence electrons. The van der Waals surface area contributed by atoms with Gasteiger partial charge in [-0.15, -0.1) is 11.8 Å². The highest BCUT2D eigenvalue weighted by molar-refractivity contribution is 8.01. The average Bonchev–Trinajstić information content (AvgIpc) is 2.76. The summed E-state index contributed by atoms with van der Waals surface area (Å²) in [6.07, 6.45) is 1.89. The van der Waals surface area contributed by atoms with Crippen LogP contribution in [0.15, 0.2) is 29.2 Å². The fourth-order valence-corrected chi connectivity index (χ4v) is 3.76. The standard InChI is InChI=1S/C14H15NO3S/c16-13(15-10-5-9(6-10)14(17)18)12-7-8-3-1-2-4-11(8)19-12/h1-4,9-10,12H,5-7H2,(H,15,16)(H,17,18). The van der Waals surface area contributed by atoms with E-state index in [2.05, 4.69) is 11.4 Å². The van der Waals surface area contributed by atoms with Crippen LogP contribution in [-0.2, 0) is 16.0 Å². The van der Waals surface area contributed by atoms with Crippen molar-refractivity contribution in [3.8, 4) is 0 Å². The monoisotopic (exact) mass is 277 g/mol. The first-order chi connectivity index (χ1) is 9.13. The zero-order valence-electron chi connectivity index (χ0n) is 10.3. The third-order valence-electron chi connectivity index (χ3n) is 3.77. The van der Waals surface area contributed by atoms with Crippen LogP contribution in [0, 0.1) is 5.92 Å². The molecule has 0 spiro atoms. The molecule has 1 amide bonds. The van der Waals surface area contributed by atoms with Gasteiger partial charge in [0.15, 0.2) is 0 Å². The Morgan fingerprint density at radius 1 is 1.26 bits per heavy atom. The zero-order chi connectivity index (χ0) is 13.4. The first-order valence-electron chi connectivity index (χ1n) is 6.41. The number of rotatable bonds is 3. The summed E-state index contributed by atoms with van der Waals surface area (Å²) in [5.41, 5.74) is 1.23. The maximum Gasteiger partial charge on any atom is 0.306 e. The number of carbonyl (C=O) groups is 2. The van der Waals surface area contributed by atoms with Crippen molar-refractivity contribution in [2.24, 2.45) is 5.92 Å². The molecule has 1 atom stereocenters. The lowest BCUT2D eigenvalue weighted by Gasteiger charge is -2.33. The van der Waals surface area contributed by atoms with E-state index >= 15 is 0 Å². The first-order valence-corrected chi connectivity index (χ1v) is 7.29. The largest absolute Gasteiger partial charge is 0.481 e. The number of hydrogen-bond acceptors (Lipinski definition) is 3. The smallest absolute Gasteiger partial charge is 0.306 e. The van der Waals surface area contributed by atoms with Crippen LogP contribution in [0.25, 0.3) is 0 Å². The topological polar surface area (TPSA) is 66.4 Å². The van der Waals surface area contributed by atoms with Gasteiger partial charge in [0.05, 0.1) is 11.2 Å². The van der Waals surface area contributed by atoms with Gasteiger partial charge in [-0.1, -0.05) is 18.2 Å². The Morgan fingerprint density at radius 3 is 2.68 bits per heavy atom. The normalized spacial score (nSPS) is 28.3. The van der Waals surface area contributed by atoms with Gasteiger partial charge in [0.2, 0.25) is 5.91 Å². The van der Waals surface area contributed by atoms with E-state index in [1.165, 1.54) is 10.5 Å². The lowest BCUT2D eigenvalue weighted by molar-refractivity contribution is -0.146. The molecule has 1 aromatic rings. The second-order valence-electron chi connectivity index (χ2n) is 5.13. The molecule has 4 nitrogen and oxygen atoms in total. The van der Waals surface area contributed by atoms with Crippen LogP contribution in [-0.4, -0.2) is 28.3 Å². The van der Waals surface area contributed by atoms with Crippen molar-refractivity contribution in [3.05, 3.63) is 29.8 Å². The van der Waals surface area contributed by atoms with Gasteiger partial charge >= 0.3 is 5.97 Å². The molecular formula is C14H15NO3S. The third kappa shape index (κ3) is 2.47. The number of amides is 1. The molecule has 1 fully saturated rings. The van der Waals surface area contributed by atoms with Crippen LogP contribution in [0.1, 0.15) is 18.4 Å². The zero-order valence-corrected chi connectivity index (χ0v) is 11.2. The summed E-state index contributed by atoms with van der Waals surface area (Å²) in [6.45, 7) is 0. The summed E-state index contributed by atoms with van der Waals surface area (Å²) in [4.78, 5) is 24.0. The van der Waals surface area contributed by atoms with E-state index < -0.39 is 5.97 Å². The van der Waals surface area contributed by atoms with Crippen LogP contribution in [0.3, 0.4) is 0 Å². The van der Waals surface area contributed by atoms with E-state index in [1.807, 2.05) is 18.2 Å². The summed E-state index contributed by atoms with van der Waals surface area (Å²) >= 11 is 1.60. The van der Waals surface area contributed by atoms with Crippen LogP contribution in [0.4, 0.5) is 0 Å². The molecule has 0 bridgehead atoms. The Balaban J connectivity index is 1.52. The summed E-state index contributed by atoms with van der Waals surface area (Å²) in [6, 6.07) is 8.10. The molecule has 1 unspecified atom stereocenters. The quantitative estimate of drug-likeness (QED) is 0.882. The van der Waals surface area contributed by atoms with Gasteiger partial charge in [0.1, 0.15) is 0 Å². The van der Waals surface area contributed by atoms with Crippen molar-refractivity contribution in [2.45, 2.75) is 35.4 Å². The minimum absolute atomic E-state index is 0.0371. The van der Waals surface area contributed by atoms with Crippen LogP contribution >= 0.6 is 11.8 Å². The van der Waals surface area contributed by atoms with Crippen molar-refractivity contribution in [2.75, 3.05) is 0 Å². The number of carboxylic acids is 1. The van der Waals surface area contributed by atoms with Crippen LogP contribution in [0.5, 0.6) is 0 Å². The average molecular weight is 277 g/mol. The Hall–Kier alpha value is -1.49. The summed E-state index contributed by atoms with van der Waals surface area (Å²) in [5.74, 6) is -0.998. The molecule has 1 aliphatic heterocycles. The minimum atomic E-state index is -0.756. The Bertz CT molecular complexity index is 500. The van der Waals surface area contributed by atoms with E-state index in [-0.39, 0.29) is 23.1 Å². The molecule has 1 heterocycles. The highest BCUT2D eigenvalue weighted by atomic mass is 32.2. The van der Waals surface area contributed by atoms with E-state index in [4.69, 9.17) is 5.11 Å². The number of thioether (sulfide) groups is 1. The van der Waals surface area contributed by atoms with Crippen LogP contribution < -0.4 is 5.32 Å². The number of carboxylic acid groups (broad SMARTS) is 1. The molecule has 19 heavy (non-hydrogen) atoms. The van der Waals surface area contributed by atoms with Crippen molar-refractivity contribution >= 4 is 23.6 Å². The lowest BCUT2D eigenvalue weighted by Crippen LogP contribution is -2.49. The fourth-order valence-electron chi connectivity index (χ4n) is 2.56. The molecular weight excluding hydrogens is 262 g/mol. The molecule has 0 aromatic heterocycles. The maximum absolute atomic E-state index is 12.1. The Labute approximate surface area is 115 Å². The minimum Gasteiger partial charge on any atom is -0.481 e. The van der Waals surface area contributed by atoms with Gasteiger partial charge in [-0.25, -0.2) is 0 Å². The number of benzene rings is 1. The number of hydrogen-bond donors (Lipinski definition) is 2. The van der Waals surface area contributed by atoms with E-state index in [0.717, 1.165) is 6.42 Å². The highest BCUT2D eigenvalue weighted by Gasteiger charge is 2.37. The van der Waals surface area contributed by atoms with Gasteiger partial charge < -0.3 is 10.4 Å². The Morgan fingerprint density at radius 2 is 2.00 bits per heavy atom. The molecule has 0 radical (unpaired) electrons. The number of fused-ring (bicyclic) bond motifs is 1. The van der Waals surface area contributed by atoms with E-state index in [1.54, 1.807) is 11.8 Å². The lowest BCUT2D eigenvalue weighted by atomic mass is 9.80. The van der Waals surface area contributed by atoms with Gasteiger partial charge in [-0.3, -0.25) is 9.59 Å². The molecule has 2 N–H and O–H groups in total. The number of carbonyl (C=O) groups excluding carboxylic acids is 1. The SMILES string of the molecule is O=C(O)C1CC(NC(=O)C2Cc3ccccc3S2)C1. The van der Waals surface area contributed by atoms with E-state index in [0.29, 0.717) is 12.8 Å². The second kappa shape index (κ2) is 4.89. The van der Waals surface area contributed by atoms with Crippen molar-refractivity contribution in [3.63, 3.8) is 0 Å². The Kier molecular flexibility index (Phi) is 3.22. The molecule has 2 aliphatic rings. The van der Waals surface area contributed by atoms with E-state index in [9.17, 15) is 9.59 Å². The van der Waals surface area contributed by atoms with Crippen LogP contribution in [0.2, 0.25) is 0 Å². The fraction of sp³-hybridized carbons (Fsp3) is 0.429. The van der Waals surface area contributed by atoms with Gasteiger partial charge in [0, 0.05) is 10.9 Å². The predicted molar refractivity (Wildman–Crippen MR) is 72.1 cm³/mol. The summed E-state index contributed by atoms with van der Waals surface area (Å²) in [7, 11) is 0. The molecule has 5 heteroatoms. The molecule has 3 rings (SSSR count). The van der Waals surface area contributed by atoms with Gasteiger partial charge in [-0.2, -0.15) is 0 Å². The molecule has 1 saturated carbocycles. The van der Waals surface area contributed by atoms with Gasteiger partial charge in [-0.05, 0) is 30.9 Å². The third-order valence-corrected chi connectivity index (χ3v) is 5.09. The molecule has 1 aliphatic carbocycles.